The van der Waals surface area contributed by atoms with Crippen LogP contribution in [0.1, 0.15) is 21.6 Å². The van der Waals surface area contributed by atoms with Crippen LogP contribution in [0.3, 0.4) is 0 Å². The SMILES string of the molecule is Cc1c(C(=O)N2CC(C#N)C2)c[nH]c1C(/C=C\N)=N/c1nc(-c2ccccc2Cl)no1. The Morgan fingerprint density at radius 3 is 2.94 bits per heavy atom. The van der Waals surface area contributed by atoms with E-state index in [9.17, 15) is 4.79 Å². The molecule has 1 fully saturated rings. The van der Waals surface area contributed by atoms with Gasteiger partial charge in [0, 0.05) is 24.8 Å². The number of aliphatic imine (C=N–C) groups is 1. The van der Waals surface area contributed by atoms with Crippen molar-refractivity contribution in [2.24, 2.45) is 16.6 Å². The maximum atomic E-state index is 12.7. The van der Waals surface area contributed by atoms with Crippen LogP contribution in [0.25, 0.3) is 11.4 Å². The maximum Gasteiger partial charge on any atom is 0.348 e. The molecule has 1 aliphatic rings. The van der Waals surface area contributed by atoms with Crippen LogP contribution in [0.5, 0.6) is 0 Å². The van der Waals surface area contributed by atoms with Crippen LogP contribution in [-0.4, -0.2) is 44.7 Å². The highest BCUT2D eigenvalue weighted by Crippen LogP contribution is 2.27. The van der Waals surface area contributed by atoms with Crippen LogP contribution in [0.4, 0.5) is 6.01 Å². The van der Waals surface area contributed by atoms with Gasteiger partial charge in [0.1, 0.15) is 0 Å². The van der Waals surface area contributed by atoms with Gasteiger partial charge in [-0.15, -0.1) is 0 Å². The molecule has 0 unspecified atom stereocenters. The molecular weight excluding hydrogens is 418 g/mol. The fourth-order valence-corrected chi connectivity index (χ4v) is 3.48. The lowest BCUT2D eigenvalue weighted by Gasteiger charge is -2.35. The van der Waals surface area contributed by atoms with Crippen LogP contribution in [-0.2, 0) is 0 Å². The average molecular weight is 436 g/mol. The zero-order valence-electron chi connectivity index (χ0n) is 16.5. The summed E-state index contributed by atoms with van der Waals surface area (Å²) in [5.41, 5.74) is 8.45. The van der Waals surface area contributed by atoms with E-state index in [1.54, 1.807) is 29.3 Å². The third-order valence-corrected chi connectivity index (χ3v) is 5.31. The van der Waals surface area contributed by atoms with E-state index in [0.717, 1.165) is 0 Å². The highest BCUT2D eigenvalue weighted by molar-refractivity contribution is 6.33. The monoisotopic (exact) mass is 435 g/mol. The molecule has 1 saturated heterocycles. The number of aromatic nitrogens is 3. The summed E-state index contributed by atoms with van der Waals surface area (Å²) in [7, 11) is 0. The summed E-state index contributed by atoms with van der Waals surface area (Å²) in [4.78, 5) is 26.1. The number of hydrogen-bond donors (Lipinski definition) is 2. The van der Waals surface area contributed by atoms with E-state index in [1.165, 1.54) is 6.20 Å². The zero-order valence-corrected chi connectivity index (χ0v) is 17.3. The summed E-state index contributed by atoms with van der Waals surface area (Å²) >= 11 is 6.19. The van der Waals surface area contributed by atoms with Crippen molar-refractivity contribution in [3.8, 4) is 17.5 Å². The molecule has 4 rings (SSSR count). The molecule has 31 heavy (non-hydrogen) atoms. The Hall–Kier alpha value is -3.90. The van der Waals surface area contributed by atoms with Crippen molar-refractivity contribution < 1.29 is 9.32 Å². The topological polar surface area (TPSA) is 137 Å². The molecule has 1 amide bonds. The summed E-state index contributed by atoms with van der Waals surface area (Å²) in [6.07, 6.45) is 4.52. The van der Waals surface area contributed by atoms with E-state index in [1.807, 2.05) is 19.1 Å². The molecule has 1 aromatic carbocycles. The first-order valence-electron chi connectivity index (χ1n) is 9.44. The molecule has 10 heteroatoms. The second-order valence-electron chi connectivity index (χ2n) is 6.98. The van der Waals surface area contributed by atoms with Crippen molar-refractivity contribution in [2.75, 3.05) is 13.1 Å². The first-order chi connectivity index (χ1) is 15.0. The molecule has 1 aliphatic heterocycles. The number of nitrogens with zero attached hydrogens (tertiary/aromatic N) is 5. The van der Waals surface area contributed by atoms with E-state index in [4.69, 9.17) is 27.1 Å². The number of nitrogens with one attached hydrogen (secondary N) is 1. The van der Waals surface area contributed by atoms with E-state index >= 15 is 0 Å². The van der Waals surface area contributed by atoms with Crippen molar-refractivity contribution in [3.63, 3.8) is 0 Å². The van der Waals surface area contributed by atoms with Crippen molar-refractivity contribution in [2.45, 2.75) is 6.92 Å². The molecule has 0 saturated carbocycles. The number of H-pyrrole nitrogens is 1. The number of likely N-dealkylation sites (tertiary alicyclic amines) is 1. The summed E-state index contributed by atoms with van der Waals surface area (Å²) in [5.74, 6) is 0.0653. The van der Waals surface area contributed by atoms with Gasteiger partial charge in [-0.3, -0.25) is 4.79 Å². The normalized spacial score (nSPS) is 14.6. The number of rotatable bonds is 5. The molecule has 0 spiro atoms. The predicted molar refractivity (Wildman–Crippen MR) is 115 cm³/mol. The van der Waals surface area contributed by atoms with E-state index in [0.29, 0.717) is 52.0 Å². The van der Waals surface area contributed by atoms with Crippen LogP contribution >= 0.6 is 11.6 Å². The molecular formula is C21H18ClN7O2. The minimum atomic E-state index is -0.138. The Bertz CT molecular complexity index is 1230. The molecule has 2 aromatic heterocycles. The average Bonchev–Trinajstić information content (AvgIpc) is 3.34. The number of benzene rings is 1. The third kappa shape index (κ3) is 3.93. The van der Waals surface area contributed by atoms with E-state index < -0.39 is 0 Å². The highest BCUT2D eigenvalue weighted by atomic mass is 35.5. The van der Waals surface area contributed by atoms with Gasteiger partial charge in [0.15, 0.2) is 0 Å². The van der Waals surface area contributed by atoms with Gasteiger partial charge in [0.05, 0.1) is 34.0 Å². The molecule has 3 aromatic rings. The Labute approximate surface area is 182 Å². The molecule has 3 N–H and O–H groups in total. The minimum absolute atomic E-state index is 0.0181. The quantitative estimate of drug-likeness (QED) is 0.590. The number of carbonyl (C=O) groups is 1. The number of aromatic amines is 1. The summed E-state index contributed by atoms with van der Waals surface area (Å²) in [6.45, 7) is 2.68. The van der Waals surface area contributed by atoms with Crippen LogP contribution < -0.4 is 5.73 Å². The number of halogens is 1. The summed E-state index contributed by atoms with van der Waals surface area (Å²) < 4.78 is 5.25. The molecule has 0 aliphatic carbocycles. The lowest BCUT2D eigenvalue weighted by atomic mass is 10.00. The van der Waals surface area contributed by atoms with Crippen LogP contribution in [0.2, 0.25) is 5.02 Å². The number of carbonyl (C=O) groups excluding carboxylic acids is 1. The molecule has 0 radical (unpaired) electrons. The van der Waals surface area contributed by atoms with Crippen molar-refractivity contribution >= 4 is 29.2 Å². The largest absolute Gasteiger partial charge is 0.405 e. The second-order valence-corrected chi connectivity index (χ2v) is 7.38. The second kappa shape index (κ2) is 8.45. The first-order valence-corrected chi connectivity index (χ1v) is 9.82. The summed E-state index contributed by atoms with van der Waals surface area (Å²) in [6, 6.07) is 9.32. The van der Waals surface area contributed by atoms with Crippen molar-refractivity contribution in [1.82, 2.24) is 20.0 Å². The highest BCUT2D eigenvalue weighted by Gasteiger charge is 2.32. The number of allylic oxidation sites excluding steroid dienone is 1. The lowest BCUT2D eigenvalue weighted by molar-refractivity contribution is 0.0577. The first kappa shape index (κ1) is 20.4. The fourth-order valence-electron chi connectivity index (χ4n) is 3.26. The minimum Gasteiger partial charge on any atom is -0.405 e. The standard InChI is InChI=1S/C21H18ClN7O2/c1-12-15(20(30)29-10-13(8-24)11-29)9-25-18(12)17(6-7-23)26-21-27-19(28-31-21)14-4-2-3-5-16(14)22/h2-7,9,13,25H,10-11,23H2,1H3/b7-6-,26-17+. The van der Waals surface area contributed by atoms with E-state index in [2.05, 4.69) is 26.2 Å². The predicted octanol–water partition coefficient (Wildman–Crippen LogP) is 3.22. The van der Waals surface area contributed by atoms with Gasteiger partial charge in [0.2, 0.25) is 5.82 Å². The van der Waals surface area contributed by atoms with Gasteiger partial charge in [-0.05, 0) is 36.9 Å². The molecule has 3 heterocycles. The Morgan fingerprint density at radius 1 is 1.45 bits per heavy atom. The maximum absolute atomic E-state index is 12.7. The van der Waals surface area contributed by atoms with Gasteiger partial charge in [-0.1, -0.05) is 28.9 Å². The Morgan fingerprint density at radius 2 is 2.23 bits per heavy atom. The Balaban J connectivity index is 1.63. The number of amides is 1. The molecule has 156 valence electrons. The lowest BCUT2D eigenvalue weighted by Crippen LogP contribution is -2.49. The van der Waals surface area contributed by atoms with Crippen molar-refractivity contribution in [3.05, 3.63) is 64.6 Å². The van der Waals surface area contributed by atoms with Gasteiger partial charge in [-0.2, -0.15) is 15.2 Å². The number of nitrogens with two attached hydrogens (primary N) is 1. The van der Waals surface area contributed by atoms with E-state index in [-0.39, 0.29) is 17.8 Å². The molecule has 0 bridgehead atoms. The molecule has 0 atom stereocenters. The van der Waals surface area contributed by atoms with Gasteiger partial charge >= 0.3 is 6.01 Å². The van der Waals surface area contributed by atoms with Crippen LogP contribution in [0, 0.1) is 24.2 Å². The third-order valence-electron chi connectivity index (χ3n) is 4.98. The van der Waals surface area contributed by atoms with Crippen LogP contribution in [0.15, 0.2) is 52.3 Å². The fraction of sp³-hybridized carbons (Fsp3) is 0.190. The van der Waals surface area contributed by atoms with Gasteiger partial charge < -0.3 is 20.1 Å². The zero-order chi connectivity index (χ0) is 22.0. The number of nitriles is 1. The van der Waals surface area contributed by atoms with Gasteiger partial charge in [-0.25, -0.2) is 0 Å². The Kier molecular flexibility index (Phi) is 5.56. The van der Waals surface area contributed by atoms with Gasteiger partial charge in [0.25, 0.3) is 5.91 Å². The smallest absolute Gasteiger partial charge is 0.348 e. The number of hydrogen-bond acceptors (Lipinski definition) is 7. The molecule has 9 nitrogen and oxygen atoms in total. The summed E-state index contributed by atoms with van der Waals surface area (Å²) in [5, 5.41) is 13.4. The van der Waals surface area contributed by atoms with Crippen molar-refractivity contribution in [1.29, 1.82) is 5.26 Å².